The van der Waals surface area contributed by atoms with Gasteiger partial charge in [-0.15, -0.1) is 0 Å². The van der Waals surface area contributed by atoms with Crippen molar-refractivity contribution in [3.63, 3.8) is 0 Å². The van der Waals surface area contributed by atoms with Crippen molar-refractivity contribution in [1.29, 1.82) is 0 Å². The van der Waals surface area contributed by atoms with E-state index in [9.17, 15) is 19.5 Å². The fourth-order valence-corrected chi connectivity index (χ4v) is 5.16. The van der Waals surface area contributed by atoms with Crippen molar-refractivity contribution in [1.82, 2.24) is 5.32 Å². The van der Waals surface area contributed by atoms with E-state index in [1.165, 1.54) is 0 Å². The molecule has 2 N–H and O–H groups in total. The zero-order valence-corrected chi connectivity index (χ0v) is 28.5. The first-order valence-electron chi connectivity index (χ1n) is 17.0. The third kappa shape index (κ3) is 14.4. The van der Waals surface area contributed by atoms with Gasteiger partial charge in [0.15, 0.2) is 0 Å². The third-order valence-electron chi connectivity index (χ3n) is 8.18. The maximum absolute atomic E-state index is 12.4. The topological polar surface area (TPSA) is 92.7 Å². The molecule has 0 saturated carbocycles. The lowest BCUT2D eigenvalue weighted by Crippen LogP contribution is -2.24. The van der Waals surface area contributed by atoms with Crippen LogP contribution >= 0.6 is 0 Å². The number of cyclic esters (lactones) is 1. The number of hydrogen-bond donors (Lipinski definition) is 2. The van der Waals surface area contributed by atoms with Crippen LogP contribution in [0, 0.1) is 13.8 Å². The molecule has 0 saturated heterocycles. The Labute approximate surface area is 277 Å². The number of phenolic OH excluding ortho intramolecular Hbond substituents is 1. The lowest BCUT2D eigenvalue weighted by Gasteiger charge is -2.14. The van der Waals surface area contributed by atoms with Gasteiger partial charge in [-0.05, 0) is 96.1 Å². The second kappa shape index (κ2) is 22.6. The molecule has 1 aliphatic heterocycles. The first-order valence-corrected chi connectivity index (χ1v) is 17.0. The predicted octanol–water partition coefficient (Wildman–Crippen LogP) is 9.34. The number of fused-ring (bicyclic) bond motifs is 1. The Morgan fingerprint density at radius 1 is 0.804 bits per heavy atom. The number of carbonyl (C=O) groups excluding carboxylic acids is 3. The van der Waals surface area contributed by atoms with Crippen molar-refractivity contribution in [2.75, 3.05) is 6.54 Å². The van der Waals surface area contributed by atoms with Gasteiger partial charge in [-0.3, -0.25) is 9.59 Å². The summed E-state index contributed by atoms with van der Waals surface area (Å²) < 4.78 is 5.12. The van der Waals surface area contributed by atoms with E-state index in [0.29, 0.717) is 45.1 Å². The molecule has 1 amide bonds. The van der Waals surface area contributed by atoms with E-state index in [2.05, 4.69) is 73.0 Å². The van der Waals surface area contributed by atoms with Gasteiger partial charge in [-0.25, -0.2) is 4.79 Å². The minimum Gasteiger partial charge on any atom is -0.507 e. The van der Waals surface area contributed by atoms with Gasteiger partial charge in [-0.1, -0.05) is 79.3 Å². The molecular weight excluding hydrogens is 574 g/mol. The van der Waals surface area contributed by atoms with Gasteiger partial charge in [0.1, 0.15) is 23.7 Å². The van der Waals surface area contributed by atoms with Crippen LogP contribution < -0.4 is 5.32 Å². The van der Waals surface area contributed by atoms with Crippen LogP contribution in [-0.2, 0) is 27.4 Å². The zero-order valence-electron chi connectivity index (χ0n) is 28.5. The van der Waals surface area contributed by atoms with Crippen molar-refractivity contribution in [2.24, 2.45) is 0 Å². The summed E-state index contributed by atoms with van der Waals surface area (Å²) >= 11 is 0. The molecule has 0 aliphatic carbocycles. The van der Waals surface area contributed by atoms with E-state index in [0.717, 1.165) is 72.8 Å². The molecular formula is C40H55NO5. The first-order chi connectivity index (χ1) is 22.3. The van der Waals surface area contributed by atoms with Crippen molar-refractivity contribution < 1.29 is 24.2 Å². The zero-order chi connectivity index (χ0) is 33.6. The van der Waals surface area contributed by atoms with Gasteiger partial charge in [0.2, 0.25) is 5.91 Å². The summed E-state index contributed by atoms with van der Waals surface area (Å²) in [5.74, 6) is -0.250. The van der Waals surface area contributed by atoms with Gasteiger partial charge < -0.3 is 15.2 Å². The Morgan fingerprint density at radius 2 is 1.41 bits per heavy atom. The Bertz CT molecular complexity index is 1330. The van der Waals surface area contributed by atoms with Gasteiger partial charge in [0.05, 0.1) is 0 Å². The highest BCUT2D eigenvalue weighted by molar-refractivity contribution is 5.97. The first kappa shape index (κ1) is 38.3. The summed E-state index contributed by atoms with van der Waals surface area (Å²) in [6.45, 7) is 8.75. The molecule has 0 radical (unpaired) electrons. The molecule has 250 valence electrons. The van der Waals surface area contributed by atoms with Crippen LogP contribution in [0.3, 0.4) is 0 Å². The fraction of sp³-hybridized carbons (Fsp3) is 0.475. The molecule has 6 heteroatoms. The molecule has 0 fully saturated rings. The number of Topliss-reactive ketones (excluding diaryl/α,β-unsaturated/α-hetero) is 1. The summed E-state index contributed by atoms with van der Waals surface area (Å²) in [6, 6.07) is 0. The quantitative estimate of drug-likeness (QED) is 0.0757. The van der Waals surface area contributed by atoms with Crippen LogP contribution in [0.15, 0.2) is 72.4 Å². The number of ketones is 1. The lowest BCUT2D eigenvalue weighted by molar-refractivity contribution is -0.122. The summed E-state index contributed by atoms with van der Waals surface area (Å²) in [5, 5.41) is 13.6. The highest BCUT2D eigenvalue weighted by Crippen LogP contribution is 2.37. The number of amides is 1. The predicted molar refractivity (Wildman–Crippen MR) is 189 cm³/mol. The van der Waals surface area contributed by atoms with E-state index in [1.807, 2.05) is 26.8 Å². The normalized spacial score (nSPS) is 13.7. The Morgan fingerprint density at radius 3 is 2.04 bits per heavy atom. The molecule has 1 aromatic carbocycles. The standard InChI is InChI=1S/C40H55NO5/c1-5-6-7-8-9-10-11-12-13-14-15-16-17-18-19-20-21-24-37(43)41-29-22-23-34(42)27-25-31(2)26-28-35-32(3)33(4)36-30-46-40(45)38(36)39(35)44/h6-7,9-10,12-13,15-16,18-19,26,44H,5,8,11,14,17,20-25,27-30H2,1-4H3,(H,41,43)/b7-6-,10-9-,13-12-,16-15-,19-18-,31-26+. The average molecular weight is 630 g/mol. The van der Waals surface area contributed by atoms with Crippen molar-refractivity contribution in [3.05, 3.63) is 100 Å². The molecule has 0 atom stereocenters. The Hall–Kier alpha value is -3.93. The monoisotopic (exact) mass is 629 g/mol. The molecule has 1 aromatic rings. The van der Waals surface area contributed by atoms with Crippen LogP contribution in [0.2, 0.25) is 0 Å². The molecule has 0 spiro atoms. The van der Waals surface area contributed by atoms with E-state index < -0.39 is 5.97 Å². The van der Waals surface area contributed by atoms with Crippen molar-refractivity contribution in [3.8, 4) is 5.75 Å². The third-order valence-corrected chi connectivity index (χ3v) is 8.18. The van der Waals surface area contributed by atoms with Gasteiger partial charge in [0.25, 0.3) is 0 Å². The lowest BCUT2D eigenvalue weighted by atomic mass is 9.91. The number of aromatic hydroxyl groups is 1. The smallest absolute Gasteiger partial charge is 0.342 e. The van der Waals surface area contributed by atoms with E-state index in [-0.39, 0.29) is 29.6 Å². The van der Waals surface area contributed by atoms with Crippen LogP contribution in [0.4, 0.5) is 0 Å². The maximum atomic E-state index is 12.4. The second-order valence-electron chi connectivity index (χ2n) is 11.9. The number of nitrogens with one attached hydrogen (secondary N) is 1. The molecule has 1 aliphatic rings. The van der Waals surface area contributed by atoms with Gasteiger partial charge in [-0.2, -0.15) is 0 Å². The molecule has 0 aromatic heterocycles. The van der Waals surface area contributed by atoms with E-state index >= 15 is 0 Å². The minimum absolute atomic E-state index is 0.0111. The number of carbonyl (C=O) groups is 3. The molecule has 6 nitrogen and oxygen atoms in total. The van der Waals surface area contributed by atoms with Gasteiger partial charge in [0, 0.05) is 36.9 Å². The molecule has 2 rings (SSSR count). The number of hydrogen-bond acceptors (Lipinski definition) is 5. The summed E-state index contributed by atoms with van der Waals surface area (Å²) in [5.41, 5.74) is 4.80. The van der Waals surface area contributed by atoms with Gasteiger partial charge >= 0.3 is 5.97 Å². The molecule has 46 heavy (non-hydrogen) atoms. The van der Waals surface area contributed by atoms with Crippen molar-refractivity contribution >= 4 is 17.7 Å². The largest absolute Gasteiger partial charge is 0.507 e. The average Bonchev–Trinajstić information content (AvgIpc) is 3.44. The van der Waals surface area contributed by atoms with Crippen LogP contribution in [0.5, 0.6) is 5.75 Å². The summed E-state index contributed by atoms with van der Waals surface area (Å²) in [4.78, 5) is 36.5. The summed E-state index contributed by atoms with van der Waals surface area (Å²) in [7, 11) is 0. The highest BCUT2D eigenvalue weighted by Gasteiger charge is 2.30. The number of allylic oxidation sites excluding steroid dienone is 12. The van der Waals surface area contributed by atoms with E-state index in [4.69, 9.17) is 4.74 Å². The van der Waals surface area contributed by atoms with Crippen LogP contribution in [-0.4, -0.2) is 29.3 Å². The number of esters is 1. The van der Waals surface area contributed by atoms with Crippen molar-refractivity contribution in [2.45, 2.75) is 118 Å². The Balaban J connectivity index is 1.51. The number of phenols is 1. The molecule has 0 unspecified atom stereocenters. The number of benzene rings is 1. The number of ether oxygens (including phenoxy) is 1. The maximum Gasteiger partial charge on any atom is 0.342 e. The van der Waals surface area contributed by atoms with Crippen LogP contribution in [0.25, 0.3) is 0 Å². The number of unbranched alkanes of at least 4 members (excludes halogenated alkanes) is 1. The van der Waals surface area contributed by atoms with Crippen LogP contribution in [0.1, 0.15) is 124 Å². The molecule has 1 heterocycles. The second-order valence-corrected chi connectivity index (χ2v) is 11.9. The minimum atomic E-state index is -0.472. The SMILES string of the molecule is CC/C=C\C/C=C\C/C=C\C/C=C\C/C=C\CCCC(=O)NCCCC(=O)CC/C(C)=C/Cc1c(C)c(C)c2c(c1O)C(=O)OC2. The fourth-order valence-electron chi connectivity index (χ4n) is 5.16. The molecule has 0 bridgehead atoms. The van der Waals surface area contributed by atoms with E-state index in [1.54, 1.807) is 0 Å². The number of rotatable bonds is 22. The Kier molecular flexibility index (Phi) is 18.8. The summed E-state index contributed by atoms with van der Waals surface area (Å²) in [6.07, 6.45) is 33.6. The highest BCUT2D eigenvalue weighted by atomic mass is 16.5.